The average Bonchev–Trinajstić information content (AvgIpc) is 2.13. The number of hydrogen-bond donors (Lipinski definition) is 2. The smallest absolute Gasteiger partial charge is 0.149 e. The summed E-state index contributed by atoms with van der Waals surface area (Å²) in [5, 5.41) is 11.0. The van der Waals surface area contributed by atoms with Crippen molar-refractivity contribution < 1.29 is 0 Å². The van der Waals surface area contributed by atoms with Crippen LogP contribution in [-0.4, -0.2) is 40.8 Å². The number of hydrogen-bond acceptors (Lipinski definition) is 5. The zero-order chi connectivity index (χ0) is 9.97. The van der Waals surface area contributed by atoms with Crippen molar-refractivity contribution >= 4 is 11.6 Å². The van der Waals surface area contributed by atoms with E-state index in [1.165, 1.54) is 0 Å². The fourth-order valence-electron chi connectivity index (χ4n) is 1.55. The van der Waals surface area contributed by atoms with E-state index in [-0.39, 0.29) is 0 Å². The molecule has 5 nitrogen and oxygen atoms in total. The zero-order valence-corrected chi connectivity index (χ0v) is 8.27. The topological polar surface area (TPSA) is 67.1 Å². The molecule has 1 fully saturated rings. The molecule has 1 aromatic heterocycles. The molecule has 76 valence electrons. The summed E-state index contributed by atoms with van der Waals surface area (Å²) in [7, 11) is 0. The molecule has 1 aliphatic heterocycles. The van der Waals surface area contributed by atoms with Gasteiger partial charge in [-0.15, -0.1) is 10.2 Å². The van der Waals surface area contributed by atoms with E-state index < -0.39 is 0 Å². The lowest BCUT2D eigenvalue weighted by atomic mass is 10.1. The van der Waals surface area contributed by atoms with Crippen LogP contribution in [0.15, 0.2) is 12.1 Å². The Bertz CT molecular complexity index is 291. The summed E-state index contributed by atoms with van der Waals surface area (Å²) in [6.45, 7) is 5.45. The third kappa shape index (κ3) is 1.93. The minimum Gasteiger partial charge on any atom is -0.382 e. The van der Waals surface area contributed by atoms with Gasteiger partial charge in [0.2, 0.25) is 0 Å². The van der Waals surface area contributed by atoms with Crippen LogP contribution in [0.2, 0.25) is 0 Å². The van der Waals surface area contributed by atoms with E-state index in [4.69, 9.17) is 5.73 Å². The van der Waals surface area contributed by atoms with E-state index in [1.807, 2.05) is 6.07 Å². The van der Waals surface area contributed by atoms with Crippen molar-refractivity contribution in [2.24, 2.45) is 0 Å². The molecule has 5 heteroatoms. The molecule has 2 heterocycles. The summed E-state index contributed by atoms with van der Waals surface area (Å²) in [6, 6.07) is 4.12. The molecular formula is C9H15N5. The molecule has 0 spiro atoms. The Kier molecular flexibility index (Phi) is 2.49. The van der Waals surface area contributed by atoms with Gasteiger partial charge in [0.15, 0.2) is 0 Å². The first-order valence-electron chi connectivity index (χ1n) is 4.86. The number of rotatable bonds is 3. The minimum atomic E-state index is 0.458. The van der Waals surface area contributed by atoms with Crippen LogP contribution in [0.25, 0.3) is 0 Å². The number of likely N-dealkylation sites (N-methyl/N-ethyl adjacent to an activating group) is 1. The minimum absolute atomic E-state index is 0.458. The Balaban J connectivity index is 1.84. The summed E-state index contributed by atoms with van der Waals surface area (Å²) in [5.41, 5.74) is 5.44. The van der Waals surface area contributed by atoms with Crippen molar-refractivity contribution in [1.82, 2.24) is 15.1 Å². The van der Waals surface area contributed by atoms with Gasteiger partial charge in [0.1, 0.15) is 11.6 Å². The highest BCUT2D eigenvalue weighted by atomic mass is 15.3. The summed E-state index contributed by atoms with van der Waals surface area (Å²) in [6.07, 6.45) is 0. The lowest BCUT2D eigenvalue weighted by Gasteiger charge is -2.38. The summed E-state index contributed by atoms with van der Waals surface area (Å²) in [4.78, 5) is 2.36. The summed E-state index contributed by atoms with van der Waals surface area (Å²) in [5.74, 6) is 1.26. The molecule has 1 aromatic rings. The Morgan fingerprint density at radius 3 is 2.86 bits per heavy atom. The van der Waals surface area contributed by atoms with Gasteiger partial charge in [-0.1, -0.05) is 6.92 Å². The van der Waals surface area contributed by atoms with Crippen molar-refractivity contribution in [2.75, 3.05) is 30.7 Å². The molecule has 3 N–H and O–H groups in total. The van der Waals surface area contributed by atoms with Crippen LogP contribution in [-0.2, 0) is 0 Å². The van der Waals surface area contributed by atoms with Crippen molar-refractivity contribution in [3.05, 3.63) is 12.1 Å². The SMILES string of the molecule is CCN1CC(Nc2ccc(N)nn2)C1. The summed E-state index contributed by atoms with van der Waals surface area (Å²) >= 11 is 0. The monoisotopic (exact) mass is 193 g/mol. The molecular weight excluding hydrogens is 178 g/mol. The summed E-state index contributed by atoms with van der Waals surface area (Å²) < 4.78 is 0. The van der Waals surface area contributed by atoms with E-state index in [1.54, 1.807) is 6.07 Å². The molecule has 14 heavy (non-hydrogen) atoms. The number of nitrogens with zero attached hydrogens (tertiary/aromatic N) is 3. The van der Waals surface area contributed by atoms with Crippen molar-refractivity contribution in [2.45, 2.75) is 13.0 Å². The van der Waals surface area contributed by atoms with E-state index in [0.717, 1.165) is 25.5 Å². The van der Waals surface area contributed by atoms with Gasteiger partial charge in [-0.25, -0.2) is 0 Å². The van der Waals surface area contributed by atoms with E-state index in [2.05, 4.69) is 27.3 Å². The number of likely N-dealkylation sites (tertiary alicyclic amines) is 1. The van der Waals surface area contributed by atoms with Gasteiger partial charge in [0.05, 0.1) is 6.04 Å². The van der Waals surface area contributed by atoms with Gasteiger partial charge in [-0.2, -0.15) is 0 Å². The van der Waals surface area contributed by atoms with Crippen LogP contribution >= 0.6 is 0 Å². The van der Waals surface area contributed by atoms with Crippen LogP contribution in [0.3, 0.4) is 0 Å². The van der Waals surface area contributed by atoms with Crippen molar-refractivity contribution in [1.29, 1.82) is 0 Å². The first-order chi connectivity index (χ1) is 6.78. The molecule has 0 aliphatic carbocycles. The number of nitrogen functional groups attached to an aromatic ring is 1. The first kappa shape index (κ1) is 9.21. The third-order valence-electron chi connectivity index (χ3n) is 2.44. The molecule has 0 radical (unpaired) electrons. The molecule has 1 aliphatic rings. The van der Waals surface area contributed by atoms with Gasteiger partial charge in [0, 0.05) is 13.1 Å². The van der Waals surface area contributed by atoms with E-state index in [0.29, 0.717) is 11.9 Å². The van der Waals surface area contributed by atoms with Gasteiger partial charge in [0.25, 0.3) is 0 Å². The van der Waals surface area contributed by atoms with Crippen molar-refractivity contribution in [3.8, 4) is 0 Å². The molecule has 0 bridgehead atoms. The molecule has 0 unspecified atom stereocenters. The quantitative estimate of drug-likeness (QED) is 0.716. The molecule has 2 rings (SSSR count). The average molecular weight is 193 g/mol. The van der Waals surface area contributed by atoms with Crippen molar-refractivity contribution in [3.63, 3.8) is 0 Å². The maximum Gasteiger partial charge on any atom is 0.149 e. The highest BCUT2D eigenvalue weighted by Gasteiger charge is 2.24. The molecule has 0 atom stereocenters. The van der Waals surface area contributed by atoms with Crippen LogP contribution in [0.5, 0.6) is 0 Å². The standard InChI is InChI=1S/C9H15N5/c1-2-14-5-7(6-14)11-9-4-3-8(10)12-13-9/h3-4,7H,2,5-6H2,1H3,(H2,10,12)(H,11,13). The second-order valence-corrected chi connectivity index (χ2v) is 3.54. The van der Waals surface area contributed by atoms with Crippen LogP contribution < -0.4 is 11.1 Å². The van der Waals surface area contributed by atoms with E-state index >= 15 is 0 Å². The number of anilines is 2. The fraction of sp³-hybridized carbons (Fsp3) is 0.556. The van der Waals surface area contributed by atoms with Gasteiger partial charge < -0.3 is 11.1 Å². The number of nitrogens with one attached hydrogen (secondary N) is 1. The fourth-order valence-corrected chi connectivity index (χ4v) is 1.55. The van der Waals surface area contributed by atoms with Gasteiger partial charge in [-0.3, -0.25) is 4.90 Å². The lowest BCUT2D eigenvalue weighted by Crippen LogP contribution is -2.54. The maximum atomic E-state index is 5.44. The van der Waals surface area contributed by atoms with Crippen LogP contribution in [0.1, 0.15) is 6.92 Å². The lowest BCUT2D eigenvalue weighted by molar-refractivity contribution is 0.171. The largest absolute Gasteiger partial charge is 0.382 e. The third-order valence-corrected chi connectivity index (χ3v) is 2.44. The van der Waals surface area contributed by atoms with Crippen LogP contribution in [0.4, 0.5) is 11.6 Å². The highest BCUT2D eigenvalue weighted by molar-refractivity contribution is 5.39. The Labute approximate surface area is 83.3 Å². The number of nitrogens with two attached hydrogens (primary N) is 1. The number of aromatic nitrogens is 2. The normalized spacial score (nSPS) is 17.8. The maximum absolute atomic E-state index is 5.44. The predicted octanol–water partition coefficient (Wildman–Crippen LogP) is 0.175. The second kappa shape index (κ2) is 3.79. The predicted molar refractivity (Wildman–Crippen MR) is 56.0 cm³/mol. The zero-order valence-electron chi connectivity index (χ0n) is 8.27. The van der Waals surface area contributed by atoms with Crippen LogP contribution in [0, 0.1) is 0 Å². The van der Waals surface area contributed by atoms with Gasteiger partial charge >= 0.3 is 0 Å². The first-order valence-corrected chi connectivity index (χ1v) is 4.86. The van der Waals surface area contributed by atoms with Gasteiger partial charge in [-0.05, 0) is 18.7 Å². The Morgan fingerprint density at radius 2 is 2.29 bits per heavy atom. The highest BCUT2D eigenvalue weighted by Crippen LogP contribution is 2.12. The molecule has 0 aromatic carbocycles. The molecule has 0 amide bonds. The Morgan fingerprint density at radius 1 is 1.50 bits per heavy atom. The molecule has 1 saturated heterocycles. The molecule has 0 saturated carbocycles. The second-order valence-electron chi connectivity index (χ2n) is 3.54. The van der Waals surface area contributed by atoms with E-state index in [9.17, 15) is 0 Å². The Hall–Kier alpha value is -1.36.